The molecule has 0 fully saturated rings. The van der Waals surface area contributed by atoms with Crippen molar-refractivity contribution in [1.82, 2.24) is 4.57 Å². The largest absolute Gasteiger partial charge is 0.348 e. The fourth-order valence-corrected chi connectivity index (χ4v) is 1.99. The van der Waals surface area contributed by atoms with Crippen molar-refractivity contribution in [2.45, 2.75) is 13.3 Å². The first-order chi connectivity index (χ1) is 6.74. The minimum absolute atomic E-state index is 0.712. The summed E-state index contributed by atoms with van der Waals surface area (Å²) < 4.78 is 2.24. The maximum atomic E-state index is 5.60. The van der Waals surface area contributed by atoms with Gasteiger partial charge in [-0.3, -0.25) is 0 Å². The minimum atomic E-state index is 0.712. The smallest absolute Gasteiger partial charge is 0.0512 e. The zero-order valence-electron chi connectivity index (χ0n) is 8.75. The van der Waals surface area contributed by atoms with E-state index in [9.17, 15) is 0 Å². The van der Waals surface area contributed by atoms with E-state index in [1.54, 1.807) is 0 Å². The molecule has 2 aromatic rings. The molecule has 0 atom stereocenters. The van der Waals surface area contributed by atoms with Gasteiger partial charge in [-0.15, -0.1) is 0 Å². The molecule has 1 heterocycles. The van der Waals surface area contributed by atoms with Crippen LogP contribution in [0.3, 0.4) is 0 Å². The lowest BCUT2D eigenvalue weighted by atomic mass is 10.1. The standard InChI is InChI=1S/C12H16N2/c1-9-8-11-5-3-4-10(6-7-13)12(11)14(9)2/h3-5,8H,6-7,13H2,1-2H3. The summed E-state index contributed by atoms with van der Waals surface area (Å²) in [7, 11) is 2.11. The fraction of sp³-hybridized carbons (Fsp3) is 0.333. The molecule has 14 heavy (non-hydrogen) atoms. The van der Waals surface area contributed by atoms with Crippen LogP contribution in [0.1, 0.15) is 11.3 Å². The van der Waals surface area contributed by atoms with Crippen LogP contribution in [0.15, 0.2) is 24.3 Å². The van der Waals surface area contributed by atoms with E-state index in [1.807, 2.05) is 0 Å². The second-order valence-electron chi connectivity index (χ2n) is 3.74. The van der Waals surface area contributed by atoms with Crippen molar-refractivity contribution >= 4 is 10.9 Å². The summed E-state index contributed by atoms with van der Waals surface area (Å²) in [6, 6.07) is 8.64. The van der Waals surface area contributed by atoms with Gasteiger partial charge in [0.05, 0.1) is 5.52 Å². The van der Waals surface area contributed by atoms with Gasteiger partial charge in [-0.25, -0.2) is 0 Å². The number of aryl methyl sites for hydroxylation is 2. The third kappa shape index (κ3) is 1.32. The van der Waals surface area contributed by atoms with Crippen molar-refractivity contribution in [2.24, 2.45) is 12.8 Å². The molecule has 2 N–H and O–H groups in total. The Morgan fingerprint density at radius 3 is 2.86 bits per heavy atom. The number of para-hydroxylation sites is 1. The number of hydrogen-bond donors (Lipinski definition) is 1. The Kier molecular flexibility index (Phi) is 2.30. The van der Waals surface area contributed by atoms with E-state index < -0.39 is 0 Å². The van der Waals surface area contributed by atoms with E-state index in [-0.39, 0.29) is 0 Å². The molecule has 0 saturated heterocycles. The van der Waals surface area contributed by atoms with E-state index in [2.05, 4.69) is 42.8 Å². The van der Waals surface area contributed by atoms with E-state index in [1.165, 1.54) is 22.2 Å². The van der Waals surface area contributed by atoms with Crippen molar-refractivity contribution in [3.63, 3.8) is 0 Å². The maximum Gasteiger partial charge on any atom is 0.0512 e. The highest BCUT2D eigenvalue weighted by Gasteiger charge is 2.05. The maximum absolute atomic E-state index is 5.60. The molecule has 2 heteroatoms. The van der Waals surface area contributed by atoms with Crippen LogP contribution in [0.2, 0.25) is 0 Å². The van der Waals surface area contributed by atoms with Crippen LogP contribution in [-0.2, 0) is 13.5 Å². The van der Waals surface area contributed by atoms with Crippen molar-refractivity contribution in [3.8, 4) is 0 Å². The van der Waals surface area contributed by atoms with Gasteiger partial charge < -0.3 is 10.3 Å². The average Bonchev–Trinajstić information content (AvgIpc) is 2.45. The summed E-state index contributed by atoms with van der Waals surface area (Å²) in [6.07, 6.45) is 0.953. The number of aromatic nitrogens is 1. The molecular weight excluding hydrogens is 172 g/mol. The lowest BCUT2D eigenvalue weighted by molar-refractivity contribution is 0.897. The first-order valence-electron chi connectivity index (χ1n) is 4.98. The Morgan fingerprint density at radius 2 is 2.14 bits per heavy atom. The Hall–Kier alpha value is -1.28. The van der Waals surface area contributed by atoms with E-state index in [0.717, 1.165) is 6.42 Å². The first kappa shape index (κ1) is 9.28. The Morgan fingerprint density at radius 1 is 1.36 bits per heavy atom. The second-order valence-corrected chi connectivity index (χ2v) is 3.74. The van der Waals surface area contributed by atoms with Gasteiger partial charge in [0, 0.05) is 18.1 Å². The number of rotatable bonds is 2. The monoisotopic (exact) mass is 188 g/mol. The van der Waals surface area contributed by atoms with E-state index in [0.29, 0.717) is 6.54 Å². The van der Waals surface area contributed by atoms with Gasteiger partial charge in [-0.2, -0.15) is 0 Å². The van der Waals surface area contributed by atoms with Crippen LogP contribution in [0.25, 0.3) is 10.9 Å². The molecule has 1 aromatic carbocycles. The van der Waals surface area contributed by atoms with Crippen LogP contribution >= 0.6 is 0 Å². The van der Waals surface area contributed by atoms with Gasteiger partial charge in [0.15, 0.2) is 0 Å². The zero-order valence-corrected chi connectivity index (χ0v) is 8.75. The first-order valence-corrected chi connectivity index (χ1v) is 4.98. The van der Waals surface area contributed by atoms with E-state index >= 15 is 0 Å². The molecule has 0 spiro atoms. The summed E-state index contributed by atoms with van der Waals surface area (Å²) in [5.41, 5.74) is 9.57. The van der Waals surface area contributed by atoms with Crippen LogP contribution < -0.4 is 5.73 Å². The highest BCUT2D eigenvalue weighted by molar-refractivity contribution is 5.84. The Labute approximate surface area is 84.3 Å². The summed E-state index contributed by atoms with van der Waals surface area (Å²) in [5.74, 6) is 0. The molecule has 0 amide bonds. The van der Waals surface area contributed by atoms with Gasteiger partial charge in [0.25, 0.3) is 0 Å². The number of fused-ring (bicyclic) bond motifs is 1. The summed E-state index contributed by atoms with van der Waals surface area (Å²) in [6.45, 7) is 2.84. The van der Waals surface area contributed by atoms with Crippen LogP contribution in [0.4, 0.5) is 0 Å². The van der Waals surface area contributed by atoms with Crippen LogP contribution in [0, 0.1) is 6.92 Å². The second kappa shape index (κ2) is 3.46. The summed E-state index contributed by atoms with van der Waals surface area (Å²) in [4.78, 5) is 0. The Balaban J connectivity index is 2.71. The average molecular weight is 188 g/mol. The molecule has 0 aliphatic carbocycles. The van der Waals surface area contributed by atoms with Gasteiger partial charge >= 0.3 is 0 Å². The number of benzene rings is 1. The van der Waals surface area contributed by atoms with Crippen LogP contribution in [0.5, 0.6) is 0 Å². The lowest BCUT2D eigenvalue weighted by Crippen LogP contribution is -2.04. The quantitative estimate of drug-likeness (QED) is 0.767. The SMILES string of the molecule is Cc1cc2cccc(CCN)c2n1C. The topological polar surface area (TPSA) is 30.9 Å². The predicted octanol–water partition coefficient (Wildman–Crippen LogP) is 1.99. The van der Waals surface area contributed by atoms with E-state index in [4.69, 9.17) is 5.73 Å². The number of nitrogens with zero attached hydrogens (tertiary/aromatic N) is 1. The molecule has 2 nitrogen and oxygen atoms in total. The van der Waals surface area contributed by atoms with Gasteiger partial charge in [0.2, 0.25) is 0 Å². The van der Waals surface area contributed by atoms with Gasteiger partial charge in [0.1, 0.15) is 0 Å². The number of hydrogen-bond acceptors (Lipinski definition) is 1. The minimum Gasteiger partial charge on any atom is -0.348 e. The molecule has 0 unspecified atom stereocenters. The van der Waals surface area contributed by atoms with Crippen molar-refractivity contribution in [1.29, 1.82) is 0 Å². The molecular formula is C12H16N2. The fourth-order valence-electron chi connectivity index (χ4n) is 1.99. The molecule has 0 aliphatic heterocycles. The third-order valence-corrected chi connectivity index (χ3v) is 2.79. The highest BCUT2D eigenvalue weighted by atomic mass is 14.9. The molecule has 2 rings (SSSR count). The van der Waals surface area contributed by atoms with Gasteiger partial charge in [-0.1, -0.05) is 18.2 Å². The third-order valence-electron chi connectivity index (χ3n) is 2.79. The molecule has 0 bridgehead atoms. The summed E-state index contributed by atoms with van der Waals surface area (Å²) >= 11 is 0. The summed E-state index contributed by atoms with van der Waals surface area (Å²) in [5, 5.41) is 1.32. The van der Waals surface area contributed by atoms with Crippen molar-refractivity contribution < 1.29 is 0 Å². The normalized spacial score (nSPS) is 11.1. The molecule has 0 saturated carbocycles. The van der Waals surface area contributed by atoms with Crippen molar-refractivity contribution in [3.05, 3.63) is 35.5 Å². The lowest BCUT2D eigenvalue weighted by Gasteiger charge is -2.05. The highest BCUT2D eigenvalue weighted by Crippen LogP contribution is 2.22. The predicted molar refractivity (Wildman–Crippen MR) is 60.4 cm³/mol. The van der Waals surface area contributed by atoms with Crippen LogP contribution in [-0.4, -0.2) is 11.1 Å². The molecule has 74 valence electrons. The molecule has 0 radical (unpaired) electrons. The zero-order chi connectivity index (χ0) is 10.1. The molecule has 1 aromatic heterocycles. The van der Waals surface area contributed by atoms with Crippen molar-refractivity contribution in [2.75, 3.05) is 6.54 Å². The molecule has 0 aliphatic rings. The number of nitrogens with two attached hydrogens (primary N) is 1. The Bertz CT molecular complexity index is 455. The van der Waals surface area contributed by atoms with Gasteiger partial charge in [-0.05, 0) is 31.5 Å².